The van der Waals surface area contributed by atoms with Gasteiger partial charge >= 0.3 is 12.0 Å². The van der Waals surface area contributed by atoms with Crippen LogP contribution in [-0.2, 0) is 23.7 Å². The molecule has 0 aromatic rings. The monoisotopic (exact) mass is 450 g/mol. The van der Waals surface area contributed by atoms with Crippen LogP contribution in [0.25, 0.3) is 0 Å². The van der Waals surface area contributed by atoms with E-state index in [0.29, 0.717) is 39.1 Å². The van der Waals surface area contributed by atoms with Crippen molar-refractivity contribution in [3.8, 4) is 0 Å². The molecule has 0 saturated carbocycles. The third-order valence-electron chi connectivity index (χ3n) is 3.62. The van der Waals surface area contributed by atoms with E-state index in [1.165, 1.54) is 6.92 Å². The first kappa shape index (κ1) is 26.4. The molecule has 0 fully saturated rings. The SMILES string of the molecule is CC(=O)OCCOCCOCCOC(C)(C)CC(C)(C)CC[Si](Cl)(Cl)Cl. The highest BCUT2D eigenvalue weighted by Crippen LogP contribution is 2.38. The van der Waals surface area contributed by atoms with Crippen molar-refractivity contribution in [2.45, 2.75) is 59.1 Å². The topological polar surface area (TPSA) is 54.0 Å². The molecule has 0 amide bonds. The number of rotatable bonds is 15. The van der Waals surface area contributed by atoms with Crippen LogP contribution in [0, 0.1) is 5.41 Å². The second-order valence-corrected chi connectivity index (χ2v) is 16.9. The van der Waals surface area contributed by atoms with Crippen LogP contribution in [0.4, 0.5) is 0 Å². The van der Waals surface area contributed by atoms with Crippen LogP contribution in [0.2, 0.25) is 6.04 Å². The van der Waals surface area contributed by atoms with E-state index in [4.69, 9.17) is 52.2 Å². The molecular weight excluding hydrogens is 419 g/mol. The Bertz CT molecular complexity index is 400. The summed E-state index contributed by atoms with van der Waals surface area (Å²) in [6.45, 7) is 12.4. The van der Waals surface area contributed by atoms with Crippen molar-refractivity contribution in [2.24, 2.45) is 5.41 Å². The molecule has 0 aromatic carbocycles. The summed E-state index contributed by atoms with van der Waals surface area (Å²) in [4.78, 5) is 10.6. The highest BCUT2D eigenvalue weighted by Gasteiger charge is 2.33. The number of halogens is 3. The highest BCUT2D eigenvalue weighted by molar-refractivity contribution is 7.64. The number of hydrogen-bond acceptors (Lipinski definition) is 5. The normalized spacial score (nSPS) is 13.1. The molecule has 0 spiro atoms. The molecule has 0 atom stereocenters. The molecule has 0 radical (unpaired) electrons. The molecular formula is C17H33Cl3O5Si. The predicted molar refractivity (Wildman–Crippen MR) is 109 cm³/mol. The minimum Gasteiger partial charge on any atom is -0.463 e. The van der Waals surface area contributed by atoms with Crippen molar-refractivity contribution < 1.29 is 23.7 Å². The van der Waals surface area contributed by atoms with Gasteiger partial charge in [0.05, 0.1) is 38.6 Å². The molecule has 0 heterocycles. The number of esters is 1. The first-order valence-corrected chi connectivity index (χ1v) is 14.1. The van der Waals surface area contributed by atoms with E-state index in [9.17, 15) is 4.79 Å². The van der Waals surface area contributed by atoms with Gasteiger partial charge in [-0.2, -0.15) is 0 Å². The maximum absolute atomic E-state index is 10.6. The largest absolute Gasteiger partial charge is 0.463 e. The van der Waals surface area contributed by atoms with Gasteiger partial charge in [0.25, 0.3) is 0 Å². The first-order chi connectivity index (χ1) is 11.8. The molecule has 0 bridgehead atoms. The summed E-state index contributed by atoms with van der Waals surface area (Å²) in [5.74, 6) is -0.304. The van der Waals surface area contributed by atoms with Crippen molar-refractivity contribution in [1.82, 2.24) is 0 Å². The van der Waals surface area contributed by atoms with Crippen LogP contribution in [0.1, 0.15) is 47.5 Å². The number of ether oxygens (including phenoxy) is 4. The van der Waals surface area contributed by atoms with Crippen molar-refractivity contribution in [3.63, 3.8) is 0 Å². The summed E-state index contributed by atoms with van der Waals surface area (Å²) < 4.78 is 21.5. The zero-order valence-electron chi connectivity index (χ0n) is 16.5. The number of carbonyl (C=O) groups is 1. The molecule has 0 saturated heterocycles. The number of hydrogen-bond donors (Lipinski definition) is 0. The molecule has 5 nitrogen and oxygen atoms in total. The van der Waals surface area contributed by atoms with Gasteiger partial charge in [0.15, 0.2) is 0 Å². The van der Waals surface area contributed by atoms with Gasteiger partial charge in [0, 0.05) is 6.92 Å². The lowest BCUT2D eigenvalue weighted by molar-refractivity contribution is -0.142. The minimum absolute atomic E-state index is 0.0388. The lowest BCUT2D eigenvalue weighted by Gasteiger charge is -2.35. The zero-order valence-corrected chi connectivity index (χ0v) is 19.8. The Kier molecular flexibility index (Phi) is 13.0. The molecule has 26 heavy (non-hydrogen) atoms. The summed E-state index contributed by atoms with van der Waals surface area (Å²) in [7, 11) is 0. The Labute approximate surface area is 173 Å². The Hall–Kier alpha value is 0.437. The lowest BCUT2D eigenvalue weighted by Crippen LogP contribution is -2.33. The van der Waals surface area contributed by atoms with Gasteiger partial charge in [0.1, 0.15) is 6.61 Å². The van der Waals surface area contributed by atoms with Crippen LogP contribution in [-0.4, -0.2) is 57.2 Å². The standard InChI is InChI=1S/C17H33Cl3O5Si/c1-15(21)24-11-9-22-7-8-23-10-12-25-17(4,5)14-16(2,3)6-13-26(18,19)20/h6-14H2,1-5H3. The van der Waals surface area contributed by atoms with E-state index in [1.807, 2.05) is 0 Å². The van der Waals surface area contributed by atoms with Gasteiger partial charge < -0.3 is 18.9 Å². The predicted octanol–water partition coefficient (Wildman–Crippen LogP) is 4.84. The van der Waals surface area contributed by atoms with E-state index < -0.39 is 6.00 Å². The van der Waals surface area contributed by atoms with E-state index in [1.54, 1.807) is 0 Å². The summed E-state index contributed by atoms with van der Waals surface area (Å²) in [5.41, 5.74) is -0.237. The van der Waals surface area contributed by atoms with E-state index in [2.05, 4.69) is 27.7 Å². The van der Waals surface area contributed by atoms with Gasteiger partial charge in [-0.3, -0.25) is 4.79 Å². The summed E-state index contributed by atoms with van der Waals surface area (Å²) in [5, 5.41) is 0. The van der Waals surface area contributed by atoms with Crippen LogP contribution in [0.15, 0.2) is 0 Å². The van der Waals surface area contributed by atoms with Crippen molar-refractivity contribution in [2.75, 3.05) is 39.6 Å². The van der Waals surface area contributed by atoms with Gasteiger partial charge in [0.2, 0.25) is 0 Å². The molecule has 9 heteroatoms. The fourth-order valence-corrected chi connectivity index (χ4v) is 4.53. The number of carbonyl (C=O) groups excluding carboxylic acids is 1. The van der Waals surface area contributed by atoms with Crippen molar-refractivity contribution in [3.05, 3.63) is 0 Å². The maximum Gasteiger partial charge on any atom is 0.341 e. The first-order valence-electron chi connectivity index (χ1n) is 8.83. The minimum atomic E-state index is -2.58. The van der Waals surface area contributed by atoms with Gasteiger partial charge in [-0.05, 0) is 38.1 Å². The van der Waals surface area contributed by atoms with Crippen molar-refractivity contribution in [1.29, 1.82) is 0 Å². The van der Waals surface area contributed by atoms with Crippen LogP contribution in [0.3, 0.4) is 0 Å². The smallest absolute Gasteiger partial charge is 0.341 e. The summed E-state index contributed by atoms with van der Waals surface area (Å²) >= 11 is 18.0. The Balaban J connectivity index is 3.78. The van der Waals surface area contributed by atoms with Gasteiger partial charge in [-0.25, -0.2) is 0 Å². The third-order valence-corrected chi connectivity index (χ3v) is 6.13. The fourth-order valence-electron chi connectivity index (χ4n) is 2.72. The Morgan fingerprint density at radius 1 is 0.885 bits per heavy atom. The maximum atomic E-state index is 10.6. The van der Waals surface area contributed by atoms with Crippen LogP contribution >= 0.6 is 33.2 Å². The third kappa shape index (κ3) is 17.8. The quantitative estimate of drug-likeness (QED) is 0.154. The Morgan fingerprint density at radius 3 is 1.88 bits per heavy atom. The average Bonchev–Trinajstić information content (AvgIpc) is 2.45. The van der Waals surface area contributed by atoms with Crippen LogP contribution < -0.4 is 0 Å². The van der Waals surface area contributed by atoms with Crippen LogP contribution in [0.5, 0.6) is 0 Å². The van der Waals surface area contributed by atoms with E-state index in [-0.39, 0.29) is 23.6 Å². The highest BCUT2D eigenvalue weighted by atomic mass is 35.8. The lowest BCUT2D eigenvalue weighted by atomic mass is 9.79. The molecule has 0 unspecified atom stereocenters. The second kappa shape index (κ2) is 12.8. The Morgan fingerprint density at radius 2 is 1.38 bits per heavy atom. The van der Waals surface area contributed by atoms with Gasteiger partial charge in [-0.1, -0.05) is 13.8 Å². The van der Waals surface area contributed by atoms with Crippen molar-refractivity contribution >= 4 is 45.2 Å². The molecule has 0 rings (SSSR count). The molecule has 0 aliphatic rings. The van der Waals surface area contributed by atoms with E-state index >= 15 is 0 Å². The summed E-state index contributed by atoms with van der Waals surface area (Å²) in [6, 6.07) is -1.93. The zero-order chi connectivity index (χ0) is 20.3. The molecule has 0 N–H and O–H groups in total. The molecule has 0 aliphatic carbocycles. The average molecular weight is 452 g/mol. The van der Waals surface area contributed by atoms with E-state index in [0.717, 1.165) is 12.8 Å². The molecule has 0 aromatic heterocycles. The molecule has 156 valence electrons. The van der Waals surface area contributed by atoms with Gasteiger partial charge in [-0.15, -0.1) is 33.2 Å². The summed E-state index contributed by atoms with van der Waals surface area (Å²) in [6.07, 6.45) is 1.73. The molecule has 0 aliphatic heterocycles. The second-order valence-electron chi connectivity index (χ2n) is 7.63. The fraction of sp³-hybridized carbons (Fsp3) is 0.941.